The maximum absolute atomic E-state index is 13.8. The number of hydrogen-bond donors (Lipinski definition) is 1. The van der Waals surface area contributed by atoms with Crippen LogP contribution >= 0.6 is 0 Å². The molecule has 0 spiro atoms. The van der Waals surface area contributed by atoms with E-state index in [0.717, 1.165) is 29.6 Å². The minimum absolute atomic E-state index is 0.195. The molecule has 1 atom stereocenters. The van der Waals surface area contributed by atoms with Crippen molar-refractivity contribution in [3.05, 3.63) is 65.7 Å². The molecular formula is C33H45N3O4S. The quantitative estimate of drug-likeness (QED) is 0.440. The van der Waals surface area contributed by atoms with Crippen molar-refractivity contribution in [2.75, 3.05) is 17.1 Å². The highest BCUT2D eigenvalue weighted by atomic mass is 32.2. The van der Waals surface area contributed by atoms with Crippen molar-refractivity contribution in [1.82, 2.24) is 10.2 Å². The summed E-state index contributed by atoms with van der Waals surface area (Å²) in [4.78, 5) is 28.4. The van der Waals surface area contributed by atoms with Gasteiger partial charge >= 0.3 is 0 Å². The number of benzene rings is 2. The van der Waals surface area contributed by atoms with Gasteiger partial charge in [0.25, 0.3) is 0 Å². The van der Waals surface area contributed by atoms with Crippen molar-refractivity contribution in [2.24, 2.45) is 17.8 Å². The summed E-state index contributed by atoms with van der Waals surface area (Å²) in [5, 5.41) is 2.95. The van der Waals surface area contributed by atoms with Crippen molar-refractivity contribution >= 4 is 27.5 Å². The third kappa shape index (κ3) is 6.63. The van der Waals surface area contributed by atoms with E-state index in [1.165, 1.54) is 53.3 Å². The van der Waals surface area contributed by atoms with Gasteiger partial charge in [-0.1, -0.05) is 42.5 Å². The highest BCUT2D eigenvalue weighted by Gasteiger charge is 2.51. The maximum Gasteiger partial charge on any atom is 0.244 e. The maximum atomic E-state index is 13.8. The van der Waals surface area contributed by atoms with Gasteiger partial charge in [-0.25, -0.2) is 8.42 Å². The highest BCUT2D eigenvalue weighted by Crippen LogP contribution is 2.60. The second-order valence-corrected chi connectivity index (χ2v) is 15.8. The van der Waals surface area contributed by atoms with Crippen LogP contribution in [0.1, 0.15) is 77.3 Å². The molecule has 0 saturated heterocycles. The van der Waals surface area contributed by atoms with Crippen LogP contribution in [0.2, 0.25) is 0 Å². The van der Waals surface area contributed by atoms with Gasteiger partial charge < -0.3 is 10.2 Å². The average Bonchev–Trinajstić information content (AvgIpc) is 2.88. The Morgan fingerprint density at radius 2 is 1.46 bits per heavy atom. The van der Waals surface area contributed by atoms with Gasteiger partial charge in [0.1, 0.15) is 12.6 Å². The summed E-state index contributed by atoms with van der Waals surface area (Å²) in [5.41, 5.74) is 2.38. The number of rotatable bonds is 9. The van der Waals surface area contributed by atoms with E-state index >= 15 is 0 Å². The molecule has 4 aliphatic rings. The highest BCUT2D eigenvalue weighted by molar-refractivity contribution is 7.92. The minimum atomic E-state index is -3.77. The van der Waals surface area contributed by atoms with E-state index in [1.54, 1.807) is 6.92 Å². The van der Waals surface area contributed by atoms with Crippen molar-refractivity contribution in [3.8, 4) is 0 Å². The Bertz CT molecular complexity index is 1330. The lowest BCUT2D eigenvalue weighted by Crippen LogP contribution is -2.54. The molecule has 0 radical (unpaired) electrons. The fourth-order valence-corrected chi connectivity index (χ4v) is 8.75. The molecule has 0 aliphatic heterocycles. The van der Waals surface area contributed by atoms with Gasteiger partial charge in [0.05, 0.1) is 11.9 Å². The first kappa shape index (κ1) is 29.6. The van der Waals surface area contributed by atoms with E-state index in [4.69, 9.17) is 0 Å². The monoisotopic (exact) mass is 579 g/mol. The Kier molecular flexibility index (Phi) is 8.01. The summed E-state index contributed by atoms with van der Waals surface area (Å²) in [6, 6.07) is 16.6. The predicted molar refractivity (Wildman–Crippen MR) is 163 cm³/mol. The number of hydrogen-bond acceptors (Lipinski definition) is 4. The predicted octanol–water partition coefficient (Wildman–Crippen LogP) is 5.25. The molecule has 2 amide bonds. The van der Waals surface area contributed by atoms with E-state index in [-0.39, 0.29) is 24.4 Å². The summed E-state index contributed by atoms with van der Waals surface area (Å²) < 4.78 is 27.2. The van der Waals surface area contributed by atoms with Gasteiger partial charge in [-0.3, -0.25) is 13.9 Å². The van der Waals surface area contributed by atoms with E-state index in [1.807, 2.05) is 63.2 Å². The van der Waals surface area contributed by atoms with Crippen LogP contribution in [-0.2, 0) is 31.6 Å². The molecule has 8 heteroatoms. The molecule has 2 aromatic carbocycles. The van der Waals surface area contributed by atoms with Gasteiger partial charge in [-0.15, -0.1) is 0 Å². The Hall–Kier alpha value is -2.87. The Morgan fingerprint density at radius 3 is 1.95 bits per heavy atom. The van der Waals surface area contributed by atoms with Crippen LogP contribution in [0.4, 0.5) is 5.69 Å². The number of sulfonamides is 1. The molecule has 4 aliphatic carbocycles. The normalized spacial score (nSPS) is 25.9. The van der Waals surface area contributed by atoms with Crippen LogP contribution in [0.3, 0.4) is 0 Å². The molecule has 6 rings (SSSR count). The molecule has 4 fully saturated rings. The summed E-state index contributed by atoms with van der Waals surface area (Å²) >= 11 is 0. The average molecular weight is 580 g/mol. The first-order chi connectivity index (χ1) is 19.2. The zero-order valence-electron chi connectivity index (χ0n) is 25.1. The zero-order valence-corrected chi connectivity index (χ0v) is 25.9. The Balaban J connectivity index is 1.38. The number of carbonyl (C=O) groups excluding carboxylic acids is 2. The fourth-order valence-electron chi connectivity index (χ4n) is 7.90. The molecule has 4 saturated carbocycles. The van der Waals surface area contributed by atoms with Crippen molar-refractivity contribution < 1.29 is 18.0 Å². The van der Waals surface area contributed by atoms with E-state index in [2.05, 4.69) is 17.4 Å². The molecule has 2 aromatic rings. The van der Waals surface area contributed by atoms with Crippen LogP contribution < -0.4 is 9.62 Å². The first-order valence-corrected chi connectivity index (χ1v) is 16.8. The van der Waals surface area contributed by atoms with E-state index in [0.29, 0.717) is 5.69 Å². The first-order valence-electron chi connectivity index (χ1n) is 15.0. The van der Waals surface area contributed by atoms with Gasteiger partial charge in [0.2, 0.25) is 21.8 Å². The zero-order chi connectivity index (χ0) is 29.6. The number of amides is 2. The number of nitrogens with one attached hydrogen (secondary N) is 1. The minimum Gasteiger partial charge on any atom is -0.350 e. The van der Waals surface area contributed by atoms with Crippen molar-refractivity contribution in [2.45, 2.75) is 89.8 Å². The van der Waals surface area contributed by atoms with Crippen molar-refractivity contribution in [3.63, 3.8) is 0 Å². The summed E-state index contributed by atoms with van der Waals surface area (Å²) in [6.07, 6.45) is 8.93. The fraction of sp³-hybridized carbons (Fsp3) is 0.576. The van der Waals surface area contributed by atoms with Crippen LogP contribution in [-0.4, -0.2) is 49.5 Å². The summed E-state index contributed by atoms with van der Waals surface area (Å²) in [6.45, 7) is 7.17. The largest absolute Gasteiger partial charge is 0.350 e. The molecule has 0 aromatic heterocycles. The van der Waals surface area contributed by atoms with E-state index < -0.39 is 27.5 Å². The second-order valence-electron chi connectivity index (χ2n) is 13.9. The van der Waals surface area contributed by atoms with Gasteiger partial charge in [0, 0.05) is 12.1 Å². The van der Waals surface area contributed by atoms with Crippen LogP contribution in [0.25, 0.3) is 0 Å². The number of anilines is 1. The van der Waals surface area contributed by atoms with Gasteiger partial charge in [0.15, 0.2) is 0 Å². The third-order valence-electron chi connectivity index (χ3n) is 9.35. The summed E-state index contributed by atoms with van der Waals surface area (Å²) in [5.74, 6) is 1.74. The molecule has 1 N–H and O–H groups in total. The molecule has 222 valence electrons. The van der Waals surface area contributed by atoms with Crippen LogP contribution in [0, 0.1) is 17.8 Å². The topological polar surface area (TPSA) is 86.8 Å². The van der Waals surface area contributed by atoms with Gasteiger partial charge in [-0.2, -0.15) is 0 Å². The molecule has 0 heterocycles. The lowest BCUT2D eigenvalue weighted by Gasteiger charge is -2.57. The lowest BCUT2D eigenvalue weighted by molar-refractivity contribution is -0.140. The molecule has 0 unspecified atom stereocenters. The number of carbonyl (C=O) groups is 2. The lowest BCUT2D eigenvalue weighted by atomic mass is 9.48. The molecule has 4 bridgehead atoms. The SMILES string of the molecule is C[C@H](C(=O)NC(C)(C)C)N(Cc1ccccc1)C(=O)CN(c1ccc(C23CC4CC(CC(C4)C2)C3)cc1)S(C)(=O)=O. The van der Waals surface area contributed by atoms with Crippen LogP contribution in [0.15, 0.2) is 54.6 Å². The molecule has 41 heavy (non-hydrogen) atoms. The smallest absolute Gasteiger partial charge is 0.244 e. The number of nitrogens with zero attached hydrogens (tertiary/aromatic N) is 2. The van der Waals surface area contributed by atoms with Crippen LogP contribution in [0.5, 0.6) is 0 Å². The standard InChI is InChI=1S/C33H45N3O4S/c1-23(31(38)34-32(2,3)4)35(21-24-9-7-6-8-10-24)30(37)22-36(41(5,39)40)29-13-11-28(12-14-29)33-18-25-15-26(19-33)17-27(16-25)20-33/h6-14,23,25-27H,15-22H2,1-5H3,(H,34,38)/t23-,25?,26?,27?,33?/m1/s1. The molecular weight excluding hydrogens is 534 g/mol. The second kappa shape index (κ2) is 11.1. The van der Waals surface area contributed by atoms with Crippen molar-refractivity contribution in [1.29, 1.82) is 0 Å². The Morgan fingerprint density at radius 1 is 0.927 bits per heavy atom. The summed E-state index contributed by atoms with van der Waals surface area (Å²) in [7, 11) is -3.77. The van der Waals surface area contributed by atoms with E-state index in [9.17, 15) is 18.0 Å². The third-order valence-corrected chi connectivity index (χ3v) is 10.5. The molecule has 7 nitrogen and oxygen atoms in total. The van der Waals surface area contributed by atoms with Gasteiger partial charge in [-0.05, 0) is 113 Å². The Labute approximate surface area is 245 Å².